The van der Waals surface area contributed by atoms with Crippen molar-refractivity contribution < 1.29 is 18.8 Å². The van der Waals surface area contributed by atoms with Crippen LogP contribution >= 0.6 is 0 Å². The highest BCUT2D eigenvalue weighted by atomic mass is 19.1. The highest BCUT2D eigenvalue weighted by molar-refractivity contribution is 5.82. The fraction of sp³-hybridized carbons (Fsp3) is 0.133. The molecule has 0 bridgehead atoms. The quantitative estimate of drug-likeness (QED) is 0.605. The molecule has 0 fully saturated rings. The lowest BCUT2D eigenvalue weighted by atomic mass is 10.1. The zero-order valence-corrected chi connectivity index (χ0v) is 11.0. The van der Waals surface area contributed by atoms with Crippen molar-refractivity contribution >= 4 is 11.5 Å². The number of carbonyl (C=O) groups excluding carboxylic acids is 1. The van der Waals surface area contributed by atoms with Crippen LogP contribution in [-0.2, 0) is 11.2 Å². The van der Waals surface area contributed by atoms with Crippen LogP contribution in [0.5, 0.6) is 5.75 Å². The predicted molar refractivity (Wildman–Crippen MR) is 73.7 cm³/mol. The van der Waals surface area contributed by atoms with Crippen LogP contribution in [0.15, 0.2) is 48.5 Å². The van der Waals surface area contributed by atoms with Gasteiger partial charge in [0.25, 0.3) is 0 Å². The summed E-state index contributed by atoms with van der Waals surface area (Å²) >= 11 is 0. The van der Waals surface area contributed by atoms with Gasteiger partial charge in [0.1, 0.15) is 12.4 Å². The molecule has 0 unspecified atom stereocenters. The van der Waals surface area contributed by atoms with Crippen molar-refractivity contribution in [1.82, 2.24) is 0 Å². The molecular formula is C15H12FNO4. The lowest BCUT2D eigenvalue weighted by Crippen LogP contribution is -2.14. The van der Waals surface area contributed by atoms with Gasteiger partial charge in [0, 0.05) is 18.6 Å². The molecule has 2 rings (SSSR count). The Hall–Kier alpha value is -2.76. The number of Topliss-reactive ketones (excluding diaryl/α,β-unsaturated/α-hetero) is 1. The summed E-state index contributed by atoms with van der Waals surface area (Å²) in [7, 11) is 0. The van der Waals surface area contributed by atoms with Gasteiger partial charge in [-0.15, -0.1) is 0 Å². The third kappa shape index (κ3) is 4.10. The number of hydrogen-bond acceptors (Lipinski definition) is 4. The molecule has 0 saturated heterocycles. The molecule has 0 saturated carbocycles. The van der Waals surface area contributed by atoms with Crippen LogP contribution in [0.3, 0.4) is 0 Å². The van der Waals surface area contributed by atoms with Gasteiger partial charge in [-0.3, -0.25) is 14.9 Å². The molecule has 0 atom stereocenters. The first-order valence-corrected chi connectivity index (χ1v) is 6.18. The molecule has 2 aromatic carbocycles. The smallest absolute Gasteiger partial charge is 0.311 e. The van der Waals surface area contributed by atoms with Crippen LogP contribution in [0.25, 0.3) is 0 Å². The molecule has 2 aromatic rings. The SMILES string of the molecule is O=C(COc1cc(F)ccc1[N+](=O)[O-])Cc1ccccc1. The topological polar surface area (TPSA) is 69.4 Å². The van der Waals surface area contributed by atoms with Crippen LogP contribution in [0.2, 0.25) is 0 Å². The summed E-state index contributed by atoms with van der Waals surface area (Å²) < 4.78 is 18.2. The molecule has 108 valence electrons. The second-order valence-corrected chi connectivity index (χ2v) is 4.36. The third-order valence-corrected chi connectivity index (χ3v) is 2.75. The summed E-state index contributed by atoms with van der Waals surface area (Å²) in [5.74, 6) is -1.16. The molecule has 5 nitrogen and oxygen atoms in total. The second kappa shape index (κ2) is 6.60. The molecule has 0 aliphatic rings. The van der Waals surface area contributed by atoms with Crippen LogP contribution in [0.1, 0.15) is 5.56 Å². The van der Waals surface area contributed by atoms with Gasteiger partial charge in [-0.1, -0.05) is 30.3 Å². The fourth-order valence-corrected chi connectivity index (χ4v) is 1.79. The minimum absolute atomic E-state index is 0.157. The van der Waals surface area contributed by atoms with E-state index in [4.69, 9.17) is 4.74 Å². The number of ether oxygens (including phenoxy) is 1. The van der Waals surface area contributed by atoms with Gasteiger partial charge < -0.3 is 4.74 Å². The molecule has 0 aromatic heterocycles. The molecule has 0 amide bonds. The summed E-state index contributed by atoms with van der Waals surface area (Å²) in [6.45, 7) is -0.348. The number of ketones is 1. The van der Waals surface area contributed by atoms with E-state index in [0.29, 0.717) is 0 Å². The highest BCUT2D eigenvalue weighted by Crippen LogP contribution is 2.27. The minimum atomic E-state index is -0.684. The lowest BCUT2D eigenvalue weighted by molar-refractivity contribution is -0.385. The Labute approximate surface area is 120 Å². The summed E-state index contributed by atoms with van der Waals surface area (Å²) in [5, 5.41) is 10.8. The summed E-state index contributed by atoms with van der Waals surface area (Å²) in [4.78, 5) is 21.9. The Balaban J connectivity index is 2.01. The van der Waals surface area contributed by atoms with Crippen molar-refractivity contribution in [3.63, 3.8) is 0 Å². The van der Waals surface area contributed by atoms with E-state index in [1.54, 1.807) is 24.3 Å². The van der Waals surface area contributed by atoms with E-state index in [1.807, 2.05) is 6.07 Å². The van der Waals surface area contributed by atoms with E-state index in [-0.39, 0.29) is 30.2 Å². The van der Waals surface area contributed by atoms with Gasteiger partial charge >= 0.3 is 5.69 Å². The third-order valence-electron chi connectivity index (χ3n) is 2.75. The second-order valence-electron chi connectivity index (χ2n) is 4.36. The van der Waals surface area contributed by atoms with Crippen molar-refractivity contribution in [2.75, 3.05) is 6.61 Å². The average Bonchev–Trinajstić information content (AvgIpc) is 2.46. The number of rotatable bonds is 6. The van der Waals surface area contributed by atoms with E-state index >= 15 is 0 Å². The van der Waals surface area contributed by atoms with Gasteiger partial charge in [0.15, 0.2) is 11.5 Å². The minimum Gasteiger partial charge on any atom is -0.479 e. The molecule has 6 heteroatoms. The molecule has 0 aliphatic carbocycles. The molecule has 21 heavy (non-hydrogen) atoms. The van der Waals surface area contributed by atoms with E-state index < -0.39 is 10.7 Å². The number of nitro groups is 1. The maximum atomic E-state index is 13.1. The van der Waals surface area contributed by atoms with E-state index in [2.05, 4.69) is 0 Å². The Bertz CT molecular complexity index is 658. The van der Waals surface area contributed by atoms with Crippen molar-refractivity contribution in [3.8, 4) is 5.75 Å². The summed E-state index contributed by atoms with van der Waals surface area (Å²) in [6, 6.07) is 11.9. The first kappa shape index (κ1) is 14.6. The maximum absolute atomic E-state index is 13.1. The molecule has 0 spiro atoms. The van der Waals surface area contributed by atoms with Crippen molar-refractivity contribution in [1.29, 1.82) is 0 Å². The largest absolute Gasteiger partial charge is 0.479 e. The Kier molecular flexibility index (Phi) is 4.61. The Morgan fingerprint density at radius 2 is 1.90 bits per heavy atom. The first-order valence-electron chi connectivity index (χ1n) is 6.18. The monoisotopic (exact) mass is 289 g/mol. The Morgan fingerprint density at radius 1 is 1.19 bits per heavy atom. The molecule has 0 aliphatic heterocycles. The number of nitro benzene ring substituents is 1. The van der Waals surface area contributed by atoms with E-state index in [1.165, 1.54) is 0 Å². The average molecular weight is 289 g/mol. The van der Waals surface area contributed by atoms with E-state index in [9.17, 15) is 19.3 Å². The first-order chi connectivity index (χ1) is 10.1. The highest BCUT2D eigenvalue weighted by Gasteiger charge is 2.17. The predicted octanol–water partition coefficient (Wildman–Crippen LogP) is 2.92. The summed E-state index contributed by atoms with van der Waals surface area (Å²) in [5.41, 5.74) is 0.448. The normalized spacial score (nSPS) is 10.1. The Morgan fingerprint density at radius 3 is 2.57 bits per heavy atom. The van der Waals surface area contributed by atoms with E-state index in [0.717, 1.165) is 23.8 Å². The van der Waals surface area contributed by atoms with Gasteiger partial charge in [0.05, 0.1) is 4.92 Å². The van der Waals surface area contributed by atoms with Gasteiger partial charge in [-0.05, 0) is 11.6 Å². The van der Waals surface area contributed by atoms with Gasteiger partial charge in [0.2, 0.25) is 0 Å². The molecule has 0 radical (unpaired) electrons. The number of benzene rings is 2. The van der Waals surface area contributed by atoms with Crippen LogP contribution < -0.4 is 4.74 Å². The lowest BCUT2D eigenvalue weighted by Gasteiger charge is -2.06. The number of carbonyl (C=O) groups is 1. The zero-order chi connectivity index (χ0) is 15.2. The molecular weight excluding hydrogens is 277 g/mol. The number of halogens is 1. The summed E-state index contributed by atoms with van der Waals surface area (Å²) in [6.07, 6.45) is 0.157. The van der Waals surface area contributed by atoms with Gasteiger partial charge in [-0.25, -0.2) is 4.39 Å². The standard InChI is InChI=1S/C15H12FNO4/c16-12-6-7-14(17(19)20)15(9-12)21-10-13(18)8-11-4-2-1-3-5-11/h1-7,9H,8,10H2. The number of nitrogens with zero attached hydrogens (tertiary/aromatic N) is 1. The number of hydrogen-bond donors (Lipinski definition) is 0. The zero-order valence-electron chi connectivity index (χ0n) is 11.0. The van der Waals surface area contributed by atoms with Crippen LogP contribution in [0, 0.1) is 15.9 Å². The van der Waals surface area contributed by atoms with Crippen molar-refractivity contribution in [2.45, 2.75) is 6.42 Å². The van der Waals surface area contributed by atoms with Crippen LogP contribution in [0.4, 0.5) is 10.1 Å². The van der Waals surface area contributed by atoms with Crippen molar-refractivity contribution in [2.24, 2.45) is 0 Å². The fourth-order valence-electron chi connectivity index (χ4n) is 1.79. The maximum Gasteiger partial charge on any atom is 0.311 e. The molecule has 0 N–H and O–H groups in total. The van der Waals surface area contributed by atoms with Crippen LogP contribution in [-0.4, -0.2) is 17.3 Å². The van der Waals surface area contributed by atoms with Crippen molar-refractivity contribution in [3.05, 3.63) is 70.0 Å². The molecule has 0 heterocycles. The van der Waals surface area contributed by atoms with Gasteiger partial charge in [-0.2, -0.15) is 0 Å².